The molecule has 1 amide bonds. The first-order valence-electron chi connectivity index (χ1n) is 20.3. The molecule has 1 aliphatic heterocycles. The van der Waals surface area contributed by atoms with Crippen LogP contribution in [-0.4, -0.2) is 35.1 Å². The Morgan fingerprint density at radius 3 is 1.30 bits per heavy atom. The number of hydrogen-bond donors (Lipinski definition) is 1. The highest BCUT2D eigenvalue weighted by Crippen LogP contribution is 2.51. The summed E-state index contributed by atoms with van der Waals surface area (Å²) in [7, 11) is 0. The van der Waals surface area contributed by atoms with Gasteiger partial charge in [0.25, 0.3) is 5.91 Å². The van der Waals surface area contributed by atoms with Gasteiger partial charge in [0.15, 0.2) is 23.7 Å². The molecule has 12 rings (SSSR count). The number of para-hydroxylation sites is 4. The molecule has 0 fully saturated rings. The molecule has 0 spiro atoms. The largest absolute Gasteiger partial charge is 0.369 e. The van der Waals surface area contributed by atoms with Gasteiger partial charge in [-0.3, -0.25) is 9.69 Å². The van der Waals surface area contributed by atoms with Crippen molar-refractivity contribution in [3.8, 4) is 45.5 Å². The average Bonchev–Trinajstić information content (AvgIpc) is 3.94. The molecule has 61 heavy (non-hydrogen) atoms. The molecule has 3 aromatic heterocycles. The van der Waals surface area contributed by atoms with E-state index in [2.05, 4.69) is 69.8 Å². The van der Waals surface area contributed by atoms with Crippen molar-refractivity contribution in [1.82, 2.24) is 24.1 Å². The first-order valence-corrected chi connectivity index (χ1v) is 20.3. The van der Waals surface area contributed by atoms with Crippen LogP contribution in [0.5, 0.6) is 0 Å². The maximum absolute atomic E-state index is 15.5. The van der Waals surface area contributed by atoms with Gasteiger partial charge in [0.05, 0.1) is 27.6 Å². The van der Waals surface area contributed by atoms with Crippen LogP contribution in [0.2, 0.25) is 0 Å². The average molecular weight is 787 g/mol. The molecule has 1 aliphatic rings. The van der Waals surface area contributed by atoms with Gasteiger partial charge in [-0.05, 0) is 60.7 Å². The molecule has 0 aliphatic carbocycles. The zero-order valence-corrected chi connectivity index (χ0v) is 32.6. The first kappa shape index (κ1) is 34.8. The molecule has 8 heteroatoms. The lowest BCUT2D eigenvalue weighted by Crippen LogP contribution is -2.27. The predicted molar refractivity (Wildman–Crippen MR) is 243 cm³/mol. The number of amides is 1. The summed E-state index contributed by atoms with van der Waals surface area (Å²) in [4.78, 5) is 31.7. The fraction of sp³-hybridized carbons (Fsp3) is 0.0189. The van der Waals surface area contributed by atoms with Gasteiger partial charge in [-0.1, -0.05) is 133 Å². The van der Waals surface area contributed by atoms with Gasteiger partial charge in [-0.15, -0.1) is 0 Å². The highest BCUT2D eigenvalue weighted by Gasteiger charge is 2.43. The number of hydrogen-bond acceptors (Lipinski definition) is 5. The fourth-order valence-electron chi connectivity index (χ4n) is 9.21. The summed E-state index contributed by atoms with van der Waals surface area (Å²) < 4.78 is 4.39. The second-order valence-corrected chi connectivity index (χ2v) is 15.2. The Labute approximate surface area is 349 Å². The number of aromatic nitrogens is 5. The number of carbonyl (C=O) groups excluding carboxylic acids is 1. The number of nitrogens with zero attached hydrogens (tertiary/aromatic N) is 6. The van der Waals surface area contributed by atoms with Crippen molar-refractivity contribution in [2.45, 2.75) is 6.23 Å². The minimum absolute atomic E-state index is 0.287. The maximum Gasteiger partial charge on any atom is 0.263 e. The summed E-state index contributed by atoms with van der Waals surface area (Å²) in [6.07, 6.45) is -1.30. The van der Waals surface area contributed by atoms with E-state index in [4.69, 9.17) is 15.0 Å². The van der Waals surface area contributed by atoms with Crippen LogP contribution in [0.1, 0.15) is 22.1 Å². The van der Waals surface area contributed by atoms with E-state index in [-0.39, 0.29) is 5.91 Å². The van der Waals surface area contributed by atoms with Crippen molar-refractivity contribution < 1.29 is 9.90 Å². The van der Waals surface area contributed by atoms with E-state index in [0.29, 0.717) is 34.3 Å². The second kappa shape index (κ2) is 13.7. The standard InChI is InChI=1S/C53H34N6O2/c60-52-45-46(53(61)59(52)38-31-29-35(30-32-38)51-55-49(33-17-5-1-6-18-33)54-50(56-51)34-19-7-2-8-20-34)48-44(40-26-14-16-28-42(40)58(48)37-23-11-4-12-24-37)43-39-25-13-15-27-41(39)57(47(43)45)36-21-9-3-10-22-36/h1-32,52,60H. The molecule has 0 saturated heterocycles. The maximum atomic E-state index is 15.5. The van der Waals surface area contributed by atoms with E-state index in [0.717, 1.165) is 71.7 Å². The van der Waals surface area contributed by atoms with Crippen molar-refractivity contribution in [2.24, 2.45) is 0 Å². The monoisotopic (exact) mass is 786 g/mol. The molecule has 8 nitrogen and oxygen atoms in total. The topological polar surface area (TPSA) is 89.1 Å². The summed E-state index contributed by atoms with van der Waals surface area (Å²) in [5.74, 6) is 1.33. The Bertz CT molecular complexity index is 3440. The number of benzene rings is 8. The van der Waals surface area contributed by atoms with Crippen LogP contribution in [0.3, 0.4) is 0 Å². The number of aliphatic hydroxyl groups excluding tert-OH is 1. The summed E-state index contributed by atoms with van der Waals surface area (Å²) in [5.41, 5.74) is 9.47. The minimum Gasteiger partial charge on any atom is -0.369 e. The van der Waals surface area contributed by atoms with Gasteiger partial charge < -0.3 is 14.2 Å². The first-order chi connectivity index (χ1) is 30.1. The molecule has 0 bridgehead atoms. The Morgan fingerprint density at radius 1 is 0.410 bits per heavy atom. The zero-order chi connectivity index (χ0) is 40.6. The van der Waals surface area contributed by atoms with Crippen LogP contribution >= 0.6 is 0 Å². The molecule has 0 radical (unpaired) electrons. The van der Waals surface area contributed by atoms with E-state index in [1.54, 1.807) is 0 Å². The number of fused-ring (bicyclic) bond motifs is 10. The van der Waals surface area contributed by atoms with E-state index in [1.165, 1.54) is 4.90 Å². The Balaban J connectivity index is 1.09. The molecule has 288 valence electrons. The summed E-state index contributed by atoms with van der Waals surface area (Å²) in [5, 5.41) is 16.8. The number of aliphatic hydroxyl groups is 1. The lowest BCUT2D eigenvalue weighted by atomic mass is 9.97. The minimum atomic E-state index is -1.30. The van der Waals surface area contributed by atoms with E-state index in [9.17, 15) is 5.11 Å². The molecule has 1 N–H and O–H groups in total. The van der Waals surface area contributed by atoms with Crippen molar-refractivity contribution in [3.05, 3.63) is 205 Å². The van der Waals surface area contributed by atoms with Gasteiger partial charge in [0.1, 0.15) is 0 Å². The number of rotatable bonds is 6. The van der Waals surface area contributed by atoms with Crippen LogP contribution in [0, 0.1) is 0 Å². The predicted octanol–water partition coefficient (Wildman–Crippen LogP) is 11.7. The highest BCUT2D eigenvalue weighted by atomic mass is 16.3. The smallest absolute Gasteiger partial charge is 0.263 e. The van der Waals surface area contributed by atoms with Crippen molar-refractivity contribution in [3.63, 3.8) is 0 Å². The molecule has 11 aromatic rings. The summed E-state index contributed by atoms with van der Waals surface area (Å²) in [6, 6.07) is 64.3. The van der Waals surface area contributed by atoms with Gasteiger partial charge >= 0.3 is 0 Å². The molecule has 8 aromatic carbocycles. The van der Waals surface area contributed by atoms with Crippen LogP contribution in [0.25, 0.3) is 89.2 Å². The molecular formula is C53H34N6O2. The van der Waals surface area contributed by atoms with Gasteiger partial charge in [0.2, 0.25) is 0 Å². The third-order valence-corrected chi connectivity index (χ3v) is 11.8. The van der Waals surface area contributed by atoms with Crippen LogP contribution < -0.4 is 4.90 Å². The lowest BCUT2D eigenvalue weighted by Gasteiger charge is -2.22. The van der Waals surface area contributed by atoms with E-state index in [1.807, 2.05) is 133 Å². The molecular weight excluding hydrogens is 753 g/mol. The molecule has 1 atom stereocenters. The van der Waals surface area contributed by atoms with Crippen LogP contribution in [-0.2, 0) is 0 Å². The molecule has 4 heterocycles. The van der Waals surface area contributed by atoms with Gasteiger partial charge in [-0.2, -0.15) is 0 Å². The lowest BCUT2D eigenvalue weighted by molar-refractivity contribution is 0.0936. The van der Waals surface area contributed by atoms with Gasteiger partial charge in [0, 0.05) is 60.9 Å². The quantitative estimate of drug-likeness (QED) is 0.181. The van der Waals surface area contributed by atoms with Crippen molar-refractivity contribution >= 4 is 55.2 Å². The Morgan fingerprint density at radius 2 is 0.803 bits per heavy atom. The number of anilines is 1. The fourth-order valence-corrected chi connectivity index (χ4v) is 9.21. The van der Waals surface area contributed by atoms with Crippen LogP contribution in [0.15, 0.2) is 194 Å². The normalized spacial score (nSPS) is 13.8. The Hall–Kier alpha value is -8.20. The second-order valence-electron chi connectivity index (χ2n) is 15.2. The SMILES string of the molecule is O=C1c2c(c3c(c4ccccc4n3-c3ccccc3)c3c4ccccc4n(-c4ccccc4)c23)C(O)N1c1ccc(-c2nc(-c3ccccc3)nc(-c3ccccc3)n2)cc1. The van der Waals surface area contributed by atoms with E-state index >= 15 is 4.79 Å². The third kappa shape index (κ3) is 5.29. The van der Waals surface area contributed by atoms with E-state index < -0.39 is 6.23 Å². The van der Waals surface area contributed by atoms with Crippen LogP contribution in [0.4, 0.5) is 5.69 Å². The third-order valence-electron chi connectivity index (χ3n) is 11.8. The summed E-state index contributed by atoms with van der Waals surface area (Å²) >= 11 is 0. The summed E-state index contributed by atoms with van der Waals surface area (Å²) in [6.45, 7) is 0. The number of carbonyl (C=O) groups is 1. The zero-order valence-electron chi connectivity index (χ0n) is 32.6. The molecule has 1 unspecified atom stereocenters. The molecule has 0 saturated carbocycles. The highest BCUT2D eigenvalue weighted by molar-refractivity contribution is 6.35. The van der Waals surface area contributed by atoms with Crippen molar-refractivity contribution in [2.75, 3.05) is 4.90 Å². The van der Waals surface area contributed by atoms with Crippen molar-refractivity contribution in [1.29, 1.82) is 0 Å². The Kier molecular flexibility index (Phi) is 7.81. The van der Waals surface area contributed by atoms with Gasteiger partial charge in [-0.25, -0.2) is 15.0 Å².